The highest BCUT2D eigenvalue weighted by Crippen LogP contribution is 2.33. The molecule has 1 amide bonds. The molecule has 3 N–H and O–H groups in total. The van der Waals surface area contributed by atoms with Gasteiger partial charge in [-0.1, -0.05) is 41.7 Å². The second-order valence-electron chi connectivity index (χ2n) is 6.50. The Morgan fingerprint density at radius 3 is 2.79 bits per heavy atom. The molecule has 4 rings (SSSR count). The average molecular weight is 459 g/mol. The molecule has 9 heteroatoms. The van der Waals surface area contributed by atoms with Crippen LogP contribution in [0.1, 0.15) is 23.3 Å². The van der Waals surface area contributed by atoms with Crippen LogP contribution in [0.3, 0.4) is 0 Å². The molecule has 144 valence electrons. The molecule has 1 fully saturated rings. The standard InChI is InChI=1S/C19H19BrN6OS/c20-13-9-22-19(23-10-13)24-11-14-7-4-8-26(14)17(27)15-16(28-18(21)25-15)12-5-2-1-3-6-12/h1-3,5-6,9-10,14H,4,7-8,11H2,(H2,21,25)(H,22,23,24)/t14-/m0/s1. The van der Waals surface area contributed by atoms with Gasteiger partial charge in [-0.2, -0.15) is 0 Å². The Hall–Kier alpha value is -2.52. The second kappa shape index (κ2) is 8.24. The molecule has 0 spiro atoms. The number of likely N-dealkylation sites (tertiary alicyclic amines) is 1. The molecule has 0 unspecified atom stereocenters. The van der Waals surface area contributed by atoms with Gasteiger partial charge >= 0.3 is 0 Å². The Balaban J connectivity index is 1.52. The topological polar surface area (TPSA) is 97.0 Å². The van der Waals surface area contributed by atoms with Crippen LogP contribution in [-0.4, -0.2) is 44.9 Å². The number of nitrogens with two attached hydrogens (primary N) is 1. The van der Waals surface area contributed by atoms with Crippen LogP contribution >= 0.6 is 27.3 Å². The molecule has 1 aliphatic heterocycles. The van der Waals surface area contributed by atoms with Gasteiger partial charge in [-0.05, 0) is 34.3 Å². The lowest BCUT2D eigenvalue weighted by atomic mass is 10.1. The molecule has 7 nitrogen and oxygen atoms in total. The third-order valence-electron chi connectivity index (χ3n) is 4.64. The smallest absolute Gasteiger partial charge is 0.274 e. The SMILES string of the molecule is Nc1nc(C(=O)N2CCC[C@H]2CNc2ncc(Br)cn2)c(-c2ccccc2)s1. The number of hydrogen-bond donors (Lipinski definition) is 2. The number of carbonyl (C=O) groups excluding carboxylic acids is 1. The summed E-state index contributed by atoms with van der Waals surface area (Å²) < 4.78 is 0.824. The van der Waals surface area contributed by atoms with Crippen molar-refractivity contribution < 1.29 is 4.79 Å². The normalized spacial score (nSPS) is 16.3. The summed E-state index contributed by atoms with van der Waals surface area (Å²) in [6.45, 7) is 1.30. The number of nitrogens with zero attached hydrogens (tertiary/aromatic N) is 4. The third kappa shape index (κ3) is 4.00. The molecular weight excluding hydrogens is 440 g/mol. The summed E-state index contributed by atoms with van der Waals surface area (Å²) in [4.78, 5) is 28.8. The summed E-state index contributed by atoms with van der Waals surface area (Å²) in [7, 11) is 0. The van der Waals surface area contributed by atoms with Crippen molar-refractivity contribution in [2.45, 2.75) is 18.9 Å². The van der Waals surface area contributed by atoms with Crippen LogP contribution in [0.2, 0.25) is 0 Å². The Labute approximate surface area is 175 Å². The number of amides is 1. The summed E-state index contributed by atoms with van der Waals surface area (Å²) in [6.07, 6.45) is 5.27. The average Bonchev–Trinajstić information content (AvgIpc) is 3.34. The summed E-state index contributed by atoms with van der Waals surface area (Å²) in [5.74, 6) is 0.471. The molecular formula is C19H19BrN6OS. The number of halogens is 1. The van der Waals surface area contributed by atoms with E-state index in [9.17, 15) is 4.79 Å². The summed E-state index contributed by atoms with van der Waals surface area (Å²) in [5.41, 5.74) is 7.33. The fraction of sp³-hybridized carbons (Fsp3) is 0.263. The number of anilines is 2. The van der Waals surface area contributed by atoms with Crippen LogP contribution < -0.4 is 11.1 Å². The Bertz CT molecular complexity index is 962. The van der Waals surface area contributed by atoms with E-state index in [-0.39, 0.29) is 11.9 Å². The van der Waals surface area contributed by atoms with E-state index in [2.05, 4.69) is 36.2 Å². The van der Waals surface area contributed by atoms with Crippen molar-refractivity contribution in [1.82, 2.24) is 19.9 Å². The van der Waals surface area contributed by atoms with Gasteiger partial charge in [0.15, 0.2) is 5.13 Å². The highest BCUT2D eigenvalue weighted by atomic mass is 79.9. The van der Waals surface area contributed by atoms with Crippen molar-refractivity contribution in [3.8, 4) is 10.4 Å². The van der Waals surface area contributed by atoms with E-state index in [1.54, 1.807) is 12.4 Å². The molecule has 3 heterocycles. The fourth-order valence-electron chi connectivity index (χ4n) is 3.33. The predicted molar refractivity (Wildman–Crippen MR) is 114 cm³/mol. The van der Waals surface area contributed by atoms with Crippen LogP contribution in [0.4, 0.5) is 11.1 Å². The van der Waals surface area contributed by atoms with E-state index in [0.717, 1.165) is 27.8 Å². The number of nitrogen functional groups attached to an aromatic ring is 1. The molecule has 0 radical (unpaired) electrons. The van der Waals surface area contributed by atoms with Gasteiger partial charge < -0.3 is 16.0 Å². The molecule has 1 aromatic carbocycles. The van der Waals surface area contributed by atoms with Crippen LogP contribution in [0.15, 0.2) is 47.2 Å². The van der Waals surface area contributed by atoms with E-state index >= 15 is 0 Å². The number of carbonyl (C=O) groups is 1. The molecule has 28 heavy (non-hydrogen) atoms. The van der Waals surface area contributed by atoms with Gasteiger partial charge in [0.25, 0.3) is 5.91 Å². The van der Waals surface area contributed by atoms with E-state index in [4.69, 9.17) is 5.73 Å². The molecule has 2 aromatic heterocycles. The van der Waals surface area contributed by atoms with Gasteiger partial charge in [-0.25, -0.2) is 15.0 Å². The zero-order chi connectivity index (χ0) is 19.5. The Morgan fingerprint density at radius 2 is 2.04 bits per heavy atom. The molecule has 0 saturated carbocycles. The van der Waals surface area contributed by atoms with Crippen molar-refractivity contribution in [3.63, 3.8) is 0 Å². The zero-order valence-corrected chi connectivity index (χ0v) is 17.4. The quantitative estimate of drug-likeness (QED) is 0.605. The number of hydrogen-bond acceptors (Lipinski definition) is 7. The molecule has 3 aromatic rings. The van der Waals surface area contributed by atoms with Crippen molar-refractivity contribution in [2.24, 2.45) is 0 Å². The Kier molecular flexibility index (Phi) is 5.54. The largest absolute Gasteiger partial charge is 0.375 e. The van der Waals surface area contributed by atoms with Crippen molar-refractivity contribution in [1.29, 1.82) is 0 Å². The zero-order valence-electron chi connectivity index (χ0n) is 15.0. The molecule has 1 aliphatic rings. The minimum atomic E-state index is -0.0761. The maximum atomic E-state index is 13.3. The van der Waals surface area contributed by atoms with Gasteiger partial charge in [-0.3, -0.25) is 4.79 Å². The number of rotatable bonds is 5. The first-order chi connectivity index (χ1) is 13.6. The van der Waals surface area contributed by atoms with E-state index in [1.807, 2.05) is 35.2 Å². The fourth-order valence-corrected chi connectivity index (χ4v) is 4.37. The maximum absolute atomic E-state index is 13.3. The van der Waals surface area contributed by atoms with Crippen LogP contribution in [-0.2, 0) is 0 Å². The molecule has 0 bridgehead atoms. The summed E-state index contributed by atoms with van der Waals surface area (Å²) >= 11 is 4.67. The first kappa shape index (κ1) is 18.8. The highest BCUT2D eigenvalue weighted by Gasteiger charge is 2.32. The minimum absolute atomic E-state index is 0.0614. The Morgan fingerprint density at radius 1 is 1.29 bits per heavy atom. The molecule has 1 saturated heterocycles. The monoisotopic (exact) mass is 458 g/mol. The van der Waals surface area contributed by atoms with E-state index < -0.39 is 0 Å². The van der Waals surface area contributed by atoms with Gasteiger partial charge in [0.05, 0.1) is 9.35 Å². The second-order valence-corrected chi connectivity index (χ2v) is 8.44. The maximum Gasteiger partial charge on any atom is 0.274 e. The van der Waals surface area contributed by atoms with Crippen LogP contribution in [0.5, 0.6) is 0 Å². The predicted octanol–water partition coefficient (Wildman–Crippen LogP) is 3.66. The lowest BCUT2D eigenvalue weighted by Crippen LogP contribution is -2.40. The van der Waals surface area contributed by atoms with Gasteiger partial charge in [-0.15, -0.1) is 0 Å². The van der Waals surface area contributed by atoms with Crippen LogP contribution in [0, 0.1) is 0 Å². The minimum Gasteiger partial charge on any atom is -0.375 e. The summed E-state index contributed by atoms with van der Waals surface area (Å²) in [5, 5.41) is 3.62. The first-order valence-electron chi connectivity index (χ1n) is 8.96. The lowest BCUT2D eigenvalue weighted by Gasteiger charge is -2.24. The van der Waals surface area contributed by atoms with E-state index in [0.29, 0.717) is 29.9 Å². The van der Waals surface area contributed by atoms with Crippen molar-refractivity contribution >= 4 is 44.3 Å². The van der Waals surface area contributed by atoms with Gasteiger partial charge in [0.1, 0.15) is 5.69 Å². The lowest BCUT2D eigenvalue weighted by molar-refractivity contribution is 0.0739. The highest BCUT2D eigenvalue weighted by molar-refractivity contribution is 9.10. The van der Waals surface area contributed by atoms with Gasteiger partial charge in [0.2, 0.25) is 5.95 Å². The third-order valence-corrected chi connectivity index (χ3v) is 5.98. The summed E-state index contributed by atoms with van der Waals surface area (Å²) in [6, 6.07) is 9.84. The molecule has 0 aliphatic carbocycles. The number of thiazole rings is 1. The van der Waals surface area contributed by atoms with Crippen molar-refractivity contribution in [3.05, 3.63) is 52.9 Å². The number of nitrogens with one attached hydrogen (secondary N) is 1. The molecule has 1 atom stereocenters. The first-order valence-corrected chi connectivity index (χ1v) is 10.6. The van der Waals surface area contributed by atoms with Gasteiger partial charge in [0, 0.05) is 31.5 Å². The van der Waals surface area contributed by atoms with Crippen LogP contribution in [0.25, 0.3) is 10.4 Å². The van der Waals surface area contributed by atoms with Crippen molar-refractivity contribution in [2.75, 3.05) is 24.1 Å². The number of aromatic nitrogens is 3. The van der Waals surface area contributed by atoms with E-state index in [1.165, 1.54) is 11.3 Å². The number of benzene rings is 1.